The first-order chi connectivity index (χ1) is 16.8. The van der Waals surface area contributed by atoms with E-state index in [0.29, 0.717) is 52.2 Å². The fourth-order valence-corrected chi connectivity index (χ4v) is 5.37. The molecular formula is C27H30ClFN4O2. The van der Waals surface area contributed by atoms with Gasteiger partial charge in [0.05, 0.1) is 10.9 Å². The number of likely N-dealkylation sites (tertiary alicyclic amines) is 1. The second-order valence-electron chi connectivity index (χ2n) is 10.2. The quantitative estimate of drug-likeness (QED) is 0.527. The molecule has 2 heterocycles. The van der Waals surface area contributed by atoms with E-state index >= 15 is 0 Å². The van der Waals surface area contributed by atoms with Crippen molar-refractivity contribution in [1.29, 1.82) is 0 Å². The number of nitrogens with zero attached hydrogens (tertiary/aromatic N) is 3. The van der Waals surface area contributed by atoms with E-state index in [1.807, 2.05) is 32.0 Å². The molecule has 1 aliphatic carbocycles. The lowest BCUT2D eigenvalue weighted by molar-refractivity contribution is -0.122. The number of alkyl halides is 1. The van der Waals surface area contributed by atoms with Crippen LogP contribution < -0.4 is 10.9 Å². The molecule has 3 aromatic rings. The molecule has 0 spiro atoms. The van der Waals surface area contributed by atoms with Crippen LogP contribution in [-0.4, -0.2) is 52.2 Å². The van der Waals surface area contributed by atoms with Crippen LogP contribution in [0, 0.1) is 5.92 Å². The van der Waals surface area contributed by atoms with Crippen LogP contribution >= 0.6 is 11.6 Å². The van der Waals surface area contributed by atoms with Crippen molar-refractivity contribution in [2.45, 2.75) is 51.4 Å². The van der Waals surface area contributed by atoms with Crippen LogP contribution in [0.15, 0.2) is 47.3 Å². The van der Waals surface area contributed by atoms with Gasteiger partial charge in [-0.05, 0) is 68.4 Å². The number of nitrogens with one attached hydrogen (secondary N) is 1. The summed E-state index contributed by atoms with van der Waals surface area (Å²) >= 11 is 6.20. The lowest BCUT2D eigenvalue weighted by Gasteiger charge is -2.43. The lowest BCUT2D eigenvalue weighted by atomic mass is 9.71. The highest BCUT2D eigenvalue weighted by Crippen LogP contribution is 2.43. The molecule has 6 nitrogen and oxygen atoms in total. The number of rotatable bonds is 7. The third kappa shape index (κ3) is 5.11. The maximum Gasteiger partial charge on any atom is 0.262 e. The molecule has 0 bridgehead atoms. The third-order valence-electron chi connectivity index (χ3n) is 6.95. The molecule has 35 heavy (non-hydrogen) atoms. The Balaban J connectivity index is 1.46. The van der Waals surface area contributed by atoms with Crippen LogP contribution in [0.5, 0.6) is 0 Å². The Kier molecular flexibility index (Phi) is 6.64. The molecule has 1 amide bonds. The van der Waals surface area contributed by atoms with Gasteiger partial charge in [0, 0.05) is 36.3 Å². The Hall–Kier alpha value is -2.77. The number of carbonyl (C=O) groups is 1. The van der Waals surface area contributed by atoms with Crippen molar-refractivity contribution < 1.29 is 9.18 Å². The zero-order valence-electron chi connectivity index (χ0n) is 20.0. The van der Waals surface area contributed by atoms with Gasteiger partial charge in [-0.2, -0.15) is 0 Å². The Bertz CT molecular complexity index is 1310. The number of fused-ring (bicyclic) bond motifs is 1. The van der Waals surface area contributed by atoms with Crippen LogP contribution in [0.3, 0.4) is 0 Å². The molecule has 1 aliphatic heterocycles. The molecule has 1 N–H and O–H groups in total. The summed E-state index contributed by atoms with van der Waals surface area (Å²) in [5.41, 5.74) is 2.16. The summed E-state index contributed by atoms with van der Waals surface area (Å²) in [5.74, 6) is 1.13. The number of hydrogen-bond acceptors (Lipinski definition) is 4. The predicted molar refractivity (Wildman–Crippen MR) is 137 cm³/mol. The maximum atomic E-state index is 13.7. The highest BCUT2D eigenvalue weighted by atomic mass is 35.5. The van der Waals surface area contributed by atoms with Crippen molar-refractivity contribution in [1.82, 2.24) is 19.8 Å². The van der Waals surface area contributed by atoms with Crippen LogP contribution in [0.1, 0.15) is 38.2 Å². The molecular weight excluding hydrogens is 467 g/mol. The number of benzene rings is 2. The van der Waals surface area contributed by atoms with Crippen LogP contribution in [0.2, 0.25) is 5.02 Å². The molecule has 0 radical (unpaired) electrons. The van der Waals surface area contributed by atoms with Gasteiger partial charge in [-0.15, -0.1) is 0 Å². The maximum absolute atomic E-state index is 13.7. The molecule has 2 fully saturated rings. The van der Waals surface area contributed by atoms with E-state index in [1.165, 1.54) is 4.57 Å². The topological polar surface area (TPSA) is 67.2 Å². The first kappa shape index (κ1) is 23.9. The molecule has 5 rings (SSSR count). The van der Waals surface area contributed by atoms with Crippen LogP contribution in [-0.2, 0) is 11.3 Å². The van der Waals surface area contributed by atoms with E-state index in [-0.39, 0.29) is 24.1 Å². The zero-order chi connectivity index (χ0) is 24.7. The first-order valence-corrected chi connectivity index (χ1v) is 12.6. The third-order valence-corrected chi connectivity index (χ3v) is 7.18. The largest absolute Gasteiger partial charge is 0.352 e. The van der Waals surface area contributed by atoms with Crippen molar-refractivity contribution in [3.8, 4) is 11.4 Å². The normalized spacial score (nSPS) is 20.6. The molecule has 1 saturated carbocycles. The monoisotopic (exact) mass is 496 g/mol. The van der Waals surface area contributed by atoms with Gasteiger partial charge in [-0.25, -0.2) is 9.37 Å². The Morgan fingerprint density at radius 3 is 2.66 bits per heavy atom. The number of hydrogen-bond donors (Lipinski definition) is 1. The number of halogens is 2. The van der Waals surface area contributed by atoms with E-state index in [9.17, 15) is 14.0 Å². The molecule has 1 aromatic heterocycles. The van der Waals surface area contributed by atoms with Gasteiger partial charge in [0.15, 0.2) is 0 Å². The minimum absolute atomic E-state index is 0.0357. The SMILES string of the molecule is CC(C)NC(=O)Cn1c(-c2cccc(Cl)c2)nc2ccc([C@H]3C[C@H](CN4CC(F)C4)C3)cc2c1=O. The summed E-state index contributed by atoms with van der Waals surface area (Å²) in [6, 6.07) is 13.0. The fraction of sp³-hybridized carbons (Fsp3) is 0.444. The van der Waals surface area contributed by atoms with Gasteiger partial charge in [-0.3, -0.25) is 19.1 Å². The molecule has 0 unspecified atom stereocenters. The van der Waals surface area contributed by atoms with Crippen molar-refractivity contribution in [2.75, 3.05) is 19.6 Å². The van der Waals surface area contributed by atoms with Gasteiger partial charge in [-0.1, -0.05) is 29.8 Å². The van der Waals surface area contributed by atoms with E-state index in [0.717, 1.165) is 24.9 Å². The average molecular weight is 497 g/mol. The number of carbonyl (C=O) groups excluding carboxylic acids is 1. The van der Waals surface area contributed by atoms with E-state index < -0.39 is 6.17 Å². The first-order valence-electron chi connectivity index (χ1n) is 12.2. The second kappa shape index (κ2) is 9.70. The molecule has 1 saturated heterocycles. The Morgan fingerprint density at radius 1 is 1.20 bits per heavy atom. The van der Waals surface area contributed by atoms with Gasteiger partial charge < -0.3 is 5.32 Å². The molecule has 2 aromatic carbocycles. The van der Waals surface area contributed by atoms with E-state index in [4.69, 9.17) is 16.6 Å². The second-order valence-corrected chi connectivity index (χ2v) is 10.6. The van der Waals surface area contributed by atoms with Crippen molar-refractivity contribution in [3.05, 3.63) is 63.4 Å². The molecule has 8 heteroatoms. The van der Waals surface area contributed by atoms with Gasteiger partial charge in [0.25, 0.3) is 5.56 Å². The highest BCUT2D eigenvalue weighted by molar-refractivity contribution is 6.30. The molecule has 0 atom stereocenters. The zero-order valence-corrected chi connectivity index (χ0v) is 20.8. The Morgan fingerprint density at radius 2 is 1.97 bits per heavy atom. The number of aromatic nitrogens is 2. The van der Waals surface area contributed by atoms with E-state index in [2.05, 4.69) is 16.3 Å². The van der Waals surface area contributed by atoms with Crippen molar-refractivity contribution >= 4 is 28.4 Å². The van der Waals surface area contributed by atoms with Crippen LogP contribution in [0.4, 0.5) is 4.39 Å². The highest BCUT2D eigenvalue weighted by Gasteiger charge is 2.35. The summed E-state index contributed by atoms with van der Waals surface area (Å²) < 4.78 is 14.5. The summed E-state index contributed by atoms with van der Waals surface area (Å²) in [6.07, 6.45) is 1.41. The Labute approximate surface area is 209 Å². The van der Waals surface area contributed by atoms with Crippen molar-refractivity contribution in [3.63, 3.8) is 0 Å². The van der Waals surface area contributed by atoms with Gasteiger partial charge in [0.1, 0.15) is 18.5 Å². The average Bonchev–Trinajstić information content (AvgIpc) is 2.75. The molecule has 184 valence electrons. The van der Waals surface area contributed by atoms with Gasteiger partial charge in [0.2, 0.25) is 5.91 Å². The smallest absolute Gasteiger partial charge is 0.262 e. The minimum Gasteiger partial charge on any atom is -0.352 e. The fourth-order valence-electron chi connectivity index (χ4n) is 5.18. The molecule has 2 aliphatic rings. The summed E-state index contributed by atoms with van der Waals surface area (Å²) in [6.45, 7) is 5.71. The van der Waals surface area contributed by atoms with Crippen molar-refractivity contribution in [2.24, 2.45) is 5.92 Å². The minimum atomic E-state index is -0.666. The lowest BCUT2D eigenvalue weighted by Crippen LogP contribution is -2.51. The van der Waals surface area contributed by atoms with E-state index in [1.54, 1.807) is 18.2 Å². The summed E-state index contributed by atoms with van der Waals surface area (Å²) in [7, 11) is 0. The van der Waals surface area contributed by atoms with Gasteiger partial charge >= 0.3 is 0 Å². The summed E-state index contributed by atoms with van der Waals surface area (Å²) in [4.78, 5) is 33.2. The predicted octanol–water partition coefficient (Wildman–Crippen LogP) is 4.39. The van der Waals surface area contributed by atoms with Crippen LogP contribution in [0.25, 0.3) is 22.3 Å². The summed E-state index contributed by atoms with van der Waals surface area (Å²) in [5, 5.41) is 3.90. The number of amides is 1. The standard InChI is InChI=1S/C27H30ClFN4O2/c1-16(2)30-25(34)15-33-26(19-4-3-5-21(28)10-19)31-24-7-6-18(11-23(24)27(33)35)20-8-17(9-20)12-32-13-22(29)14-32/h3-7,10-11,16-17,20,22H,8-9,12-15H2,1-2H3,(H,30,34)/t17-,20-.